The van der Waals surface area contributed by atoms with Crippen molar-refractivity contribution in [3.05, 3.63) is 72.1 Å². The van der Waals surface area contributed by atoms with E-state index >= 15 is 0 Å². The Morgan fingerprint density at radius 1 is 1.14 bits per heavy atom. The smallest absolute Gasteiger partial charge is 0.290 e. The van der Waals surface area contributed by atoms with Crippen LogP contribution in [0.3, 0.4) is 0 Å². The van der Waals surface area contributed by atoms with E-state index in [4.69, 9.17) is 9.47 Å². The Hall–Kier alpha value is -3.62. The highest BCUT2D eigenvalue weighted by Gasteiger charge is 2.39. The quantitative estimate of drug-likeness (QED) is 0.414. The molecular weight excluding hydrogens is 448 g/mol. The summed E-state index contributed by atoms with van der Waals surface area (Å²) in [6.45, 7) is 3.74. The molecule has 2 heterocycles. The summed E-state index contributed by atoms with van der Waals surface area (Å²) in [6, 6.07) is 14.1. The summed E-state index contributed by atoms with van der Waals surface area (Å²) in [4.78, 5) is 25.5. The van der Waals surface area contributed by atoms with Crippen LogP contribution >= 0.6 is 0 Å². The van der Waals surface area contributed by atoms with E-state index < -0.39 is 12.2 Å². The van der Waals surface area contributed by atoms with Crippen LogP contribution in [0.5, 0.6) is 5.75 Å². The lowest BCUT2D eigenvalue weighted by Gasteiger charge is -2.36. The molecule has 3 N–H and O–H groups in total. The topological polar surface area (TPSA) is 110 Å². The number of hydrogen-bond acceptors (Lipinski definition) is 6. The molecule has 1 amide bonds. The predicted molar refractivity (Wildman–Crippen MR) is 132 cm³/mol. The lowest BCUT2D eigenvalue weighted by molar-refractivity contribution is -0.164. The number of anilines is 1. The Morgan fingerprint density at radius 2 is 1.89 bits per heavy atom. The lowest BCUT2D eigenvalue weighted by atomic mass is 9.80. The molecule has 0 bridgehead atoms. The minimum absolute atomic E-state index is 0.0155. The number of fused-ring (bicyclic) bond motifs is 1. The summed E-state index contributed by atoms with van der Waals surface area (Å²) in [5.41, 5.74) is 1.92. The van der Waals surface area contributed by atoms with Gasteiger partial charge in [-0.3, -0.25) is 14.2 Å². The molecule has 3 unspecified atom stereocenters. The molecule has 3 aromatic rings. The number of amides is 1. The average molecular weight is 479 g/mol. The molecule has 0 spiro atoms. The third kappa shape index (κ3) is 5.08. The predicted octanol–water partition coefficient (Wildman–Crippen LogP) is 4.39. The fourth-order valence-corrected chi connectivity index (χ4v) is 4.62. The summed E-state index contributed by atoms with van der Waals surface area (Å²) >= 11 is 0. The van der Waals surface area contributed by atoms with Crippen molar-refractivity contribution in [3.8, 4) is 5.75 Å². The molecule has 0 fully saturated rings. The van der Waals surface area contributed by atoms with Gasteiger partial charge in [-0.25, -0.2) is 0 Å². The van der Waals surface area contributed by atoms with Crippen molar-refractivity contribution in [2.24, 2.45) is 5.92 Å². The minimum Gasteiger partial charge on any atom is -0.506 e. The maximum Gasteiger partial charge on any atom is 0.290 e. The second-order valence-electron chi connectivity index (χ2n) is 8.49. The van der Waals surface area contributed by atoms with Crippen LogP contribution in [-0.2, 0) is 14.3 Å². The molecule has 0 saturated carbocycles. The molecule has 35 heavy (non-hydrogen) atoms. The Morgan fingerprint density at radius 3 is 2.60 bits per heavy atom. The van der Waals surface area contributed by atoms with Crippen molar-refractivity contribution in [2.75, 3.05) is 18.5 Å². The number of phenols is 1. The number of carbonyl (C=O) groups is 2. The molecule has 8 heteroatoms. The number of hydrogen-bond donors (Lipinski definition) is 3. The first-order valence-corrected chi connectivity index (χ1v) is 11.8. The molecule has 0 radical (unpaired) electrons. The Balaban J connectivity index is 1.80. The highest BCUT2D eigenvalue weighted by molar-refractivity contribution is 6.03. The number of aromatic nitrogens is 1. The number of rotatable bonds is 8. The van der Waals surface area contributed by atoms with Gasteiger partial charge in [0.15, 0.2) is 5.76 Å². The van der Waals surface area contributed by atoms with E-state index in [0.29, 0.717) is 19.4 Å². The van der Waals surface area contributed by atoms with E-state index in [0.717, 1.165) is 16.5 Å². The maximum atomic E-state index is 13.2. The van der Waals surface area contributed by atoms with Crippen molar-refractivity contribution in [1.29, 1.82) is 0 Å². The third-order valence-electron chi connectivity index (χ3n) is 6.23. The number of allylic oxidation sites excluding steroid dienone is 1. The molecule has 0 aliphatic carbocycles. The molecule has 8 nitrogen and oxygen atoms in total. The van der Waals surface area contributed by atoms with Crippen LogP contribution in [0.4, 0.5) is 5.69 Å². The van der Waals surface area contributed by atoms with Crippen molar-refractivity contribution < 1.29 is 29.3 Å². The van der Waals surface area contributed by atoms with Crippen LogP contribution in [0.1, 0.15) is 43.0 Å². The largest absolute Gasteiger partial charge is 0.506 e. The number of aliphatic hydroxyl groups excluding tert-OH is 1. The van der Waals surface area contributed by atoms with Gasteiger partial charge in [0.2, 0.25) is 12.2 Å². The number of ether oxygens (including phenoxy) is 2. The van der Waals surface area contributed by atoms with Crippen molar-refractivity contribution >= 4 is 28.4 Å². The third-order valence-corrected chi connectivity index (χ3v) is 6.23. The Labute approximate surface area is 203 Å². The van der Waals surface area contributed by atoms with Gasteiger partial charge in [0.05, 0.1) is 11.2 Å². The van der Waals surface area contributed by atoms with Gasteiger partial charge in [0.1, 0.15) is 5.75 Å². The van der Waals surface area contributed by atoms with Gasteiger partial charge in [0.25, 0.3) is 5.91 Å². The minimum atomic E-state index is -0.730. The van der Waals surface area contributed by atoms with Crippen LogP contribution in [0.25, 0.3) is 10.9 Å². The van der Waals surface area contributed by atoms with Crippen LogP contribution in [0.2, 0.25) is 0 Å². The first-order chi connectivity index (χ1) is 16.9. The van der Waals surface area contributed by atoms with Gasteiger partial charge in [-0.1, -0.05) is 30.3 Å². The SMILES string of the molecule is CCOC1OC(C(=O)Nc2ccccc2O)=CC(c2cn(C(C)=O)c3ccccc23)C1CCCO. The second-order valence-corrected chi connectivity index (χ2v) is 8.49. The number of para-hydroxylation sites is 3. The summed E-state index contributed by atoms with van der Waals surface area (Å²) in [6.07, 6.45) is 3.96. The second kappa shape index (κ2) is 10.8. The molecule has 184 valence electrons. The van der Waals surface area contributed by atoms with Gasteiger partial charge >= 0.3 is 0 Å². The first kappa shape index (κ1) is 24.5. The van der Waals surface area contributed by atoms with Gasteiger partial charge in [-0.2, -0.15) is 0 Å². The van der Waals surface area contributed by atoms with Gasteiger partial charge < -0.3 is 25.0 Å². The monoisotopic (exact) mass is 478 g/mol. The standard InChI is InChI=1S/C27H30N2O6/c1-3-34-27-19(10-8-14-30)20(21-16-29(17(2)31)23-12-6-4-9-18(21)23)15-25(35-27)26(33)28-22-11-5-7-13-24(22)32/h4-7,9,11-13,15-16,19-20,27,30,32H,3,8,10,14H2,1-2H3,(H,28,33). The van der Waals surface area contributed by atoms with Crippen LogP contribution in [0.15, 0.2) is 66.6 Å². The van der Waals surface area contributed by atoms with Crippen LogP contribution < -0.4 is 5.32 Å². The number of nitrogens with one attached hydrogen (secondary N) is 1. The average Bonchev–Trinajstić information content (AvgIpc) is 3.24. The summed E-state index contributed by atoms with van der Waals surface area (Å²) in [5, 5.41) is 23.2. The highest BCUT2D eigenvalue weighted by atomic mass is 16.7. The van der Waals surface area contributed by atoms with E-state index in [-0.39, 0.29) is 41.5 Å². The van der Waals surface area contributed by atoms with E-state index in [1.54, 1.807) is 28.8 Å². The first-order valence-electron chi connectivity index (χ1n) is 11.8. The van der Waals surface area contributed by atoms with Gasteiger partial charge in [0, 0.05) is 43.6 Å². The Bertz CT molecular complexity index is 1250. The normalized spacial score (nSPS) is 19.7. The molecular formula is C27H30N2O6. The molecule has 1 aromatic heterocycles. The highest BCUT2D eigenvalue weighted by Crippen LogP contribution is 2.42. The maximum absolute atomic E-state index is 13.2. The number of aliphatic hydroxyl groups is 1. The zero-order chi connectivity index (χ0) is 24.9. The Kier molecular flexibility index (Phi) is 7.53. The number of nitrogens with zero attached hydrogens (tertiary/aromatic N) is 1. The fourth-order valence-electron chi connectivity index (χ4n) is 4.62. The molecule has 0 saturated heterocycles. The molecule has 2 aromatic carbocycles. The fraction of sp³-hybridized carbons (Fsp3) is 0.333. The van der Waals surface area contributed by atoms with E-state index in [1.165, 1.54) is 13.0 Å². The molecule has 3 atom stereocenters. The van der Waals surface area contributed by atoms with Crippen molar-refractivity contribution in [2.45, 2.75) is 38.9 Å². The van der Waals surface area contributed by atoms with Gasteiger partial charge in [-0.05, 0) is 49.6 Å². The van der Waals surface area contributed by atoms with Crippen LogP contribution in [-0.4, -0.2) is 46.1 Å². The van der Waals surface area contributed by atoms with Crippen molar-refractivity contribution in [3.63, 3.8) is 0 Å². The summed E-state index contributed by atoms with van der Waals surface area (Å²) < 4.78 is 13.5. The van der Waals surface area contributed by atoms with Crippen LogP contribution in [0, 0.1) is 5.92 Å². The summed E-state index contributed by atoms with van der Waals surface area (Å²) in [7, 11) is 0. The lowest BCUT2D eigenvalue weighted by Crippen LogP contribution is -2.37. The van der Waals surface area contributed by atoms with E-state index in [1.807, 2.05) is 37.4 Å². The molecule has 1 aliphatic rings. The van der Waals surface area contributed by atoms with Crippen molar-refractivity contribution in [1.82, 2.24) is 4.57 Å². The van der Waals surface area contributed by atoms with Gasteiger partial charge in [-0.15, -0.1) is 0 Å². The number of carbonyl (C=O) groups excluding carboxylic acids is 2. The molecule has 4 rings (SSSR count). The molecule has 1 aliphatic heterocycles. The van der Waals surface area contributed by atoms with E-state index in [9.17, 15) is 19.8 Å². The number of benzene rings is 2. The zero-order valence-electron chi connectivity index (χ0n) is 19.8. The van der Waals surface area contributed by atoms with E-state index in [2.05, 4.69) is 5.32 Å². The number of aromatic hydroxyl groups is 1. The number of phenolic OH excluding ortho intramolecular Hbond substituents is 1. The zero-order valence-corrected chi connectivity index (χ0v) is 19.8. The summed E-state index contributed by atoms with van der Waals surface area (Å²) in [5.74, 6) is -1.14.